The van der Waals surface area contributed by atoms with Gasteiger partial charge in [-0.25, -0.2) is 0 Å². The molecule has 0 radical (unpaired) electrons. The fourth-order valence-corrected chi connectivity index (χ4v) is 8.44. The monoisotopic (exact) mass is 1030 g/mol. The summed E-state index contributed by atoms with van der Waals surface area (Å²) < 4.78 is 0. The molecule has 8 atom stereocenters. The Bertz CT molecular complexity index is 2140. The molecule has 0 saturated carbocycles. The fourth-order valence-electron chi connectivity index (χ4n) is 8.44. The van der Waals surface area contributed by atoms with E-state index >= 15 is 0 Å². The molecule has 17 N–H and O–H groups in total. The highest BCUT2D eigenvalue weighted by molar-refractivity contribution is 6.00. The van der Waals surface area contributed by atoms with Gasteiger partial charge in [-0.1, -0.05) is 70.4 Å². The molecule has 2 fully saturated rings. The van der Waals surface area contributed by atoms with Gasteiger partial charge in [-0.2, -0.15) is 0 Å². The Morgan fingerprint density at radius 1 is 0.562 bits per heavy atom. The summed E-state index contributed by atoms with van der Waals surface area (Å²) >= 11 is 0. The van der Waals surface area contributed by atoms with Crippen molar-refractivity contribution in [2.75, 3.05) is 13.2 Å². The predicted octanol–water partition coefficient (Wildman–Crippen LogP) is -3.86. The number of aliphatic hydroxyl groups is 1. The van der Waals surface area contributed by atoms with Crippen LogP contribution in [0.15, 0.2) is 24.3 Å². The summed E-state index contributed by atoms with van der Waals surface area (Å²) in [5, 5.41) is 37.2. The SMILES string of the molecule is CCCCCCCCCCC1CC(=O)NC(CC(N)=O)C(=O)N[C@H](Cc2ccc(O)cc2)C(=O)NC(CC(N)=O)C(=O)NC(CCC(N)=O)C(=O)N2CCC[C@H]2C(=O)NC(CC(N)=O)C(=O)N[C@@H](CO)C(=O)N1. The van der Waals surface area contributed by atoms with Gasteiger partial charge in [-0.05, 0) is 43.4 Å². The van der Waals surface area contributed by atoms with E-state index < -0.39 is 164 Å². The van der Waals surface area contributed by atoms with Crippen LogP contribution in [0.2, 0.25) is 0 Å². The number of fused-ring (bicyclic) bond motifs is 1. The van der Waals surface area contributed by atoms with Crippen LogP contribution < -0.4 is 60.2 Å². The van der Waals surface area contributed by atoms with Crippen molar-refractivity contribution in [2.45, 2.75) is 171 Å². The number of nitrogens with zero attached hydrogens (tertiary/aromatic N) is 1. The van der Waals surface area contributed by atoms with Crippen molar-refractivity contribution >= 4 is 70.9 Å². The second-order valence-electron chi connectivity index (χ2n) is 18.4. The van der Waals surface area contributed by atoms with Gasteiger partial charge in [-0.3, -0.25) is 57.5 Å². The quantitative estimate of drug-likeness (QED) is 0.0525. The Balaban J connectivity index is 2.14. The number of phenols is 1. The number of carbonyl (C=O) groups excluding carboxylic acids is 12. The maximum absolute atomic E-state index is 14.3. The lowest BCUT2D eigenvalue weighted by Crippen LogP contribution is -2.60. The minimum atomic E-state index is -1.86. The standard InChI is InChI=1S/C47H72N12O14/c1-2-3-4-5-6-7-8-9-11-27-21-40(66)53-31(22-37(49)63)42(68)55-30(20-26-13-15-28(61)16-14-26)41(67)56-32(23-38(50)64)43(69)54-29(17-18-36(48)62)47(73)59-19-10-12-35(59)46(72)57-33(24-39(51)65)44(70)58-34(25-60)45(71)52-27/h13-16,27,29-35,60-61H,2-12,17-25H2,1H3,(H2,48,62)(H2,49,63)(H2,50,64)(H2,51,65)(H,52,71)(H,53,66)(H,54,69)(H,55,68)(H,56,67)(H,57,72)(H,58,70)/t27?,29?,30-,31?,32?,33?,34+,35+/m1/s1. The number of carbonyl (C=O) groups is 12. The molecule has 0 spiro atoms. The van der Waals surface area contributed by atoms with Crippen molar-refractivity contribution in [3.63, 3.8) is 0 Å². The van der Waals surface area contributed by atoms with Crippen LogP contribution in [0, 0.1) is 0 Å². The van der Waals surface area contributed by atoms with Gasteiger partial charge in [-0.15, -0.1) is 0 Å². The zero-order valence-electron chi connectivity index (χ0n) is 41.1. The van der Waals surface area contributed by atoms with Crippen molar-refractivity contribution in [2.24, 2.45) is 22.9 Å². The smallest absolute Gasteiger partial charge is 0.245 e. The first-order valence-electron chi connectivity index (χ1n) is 24.6. The van der Waals surface area contributed by atoms with E-state index in [1.54, 1.807) is 0 Å². The topological polar surface area (TPSA) is 437 Å². The maximum Gasteiger partial charge on any atom is 0.245 e. The number of phenolic OH excluding ortho intramolecular Hbond substituents is 1. The number of hydrogen-bond donors (Lipinski definition) is 13. The van der Waals surface area contributed by atoms with Crippen LogP contribution in [0.4, 0.5) is 0 Å². The summed E-state index contributed by atoms with van der Waals surface area (Å²) in [4.78, 5) is 162. The van der Waals surface area contributed by atoms with E-state index in [0.717, 1.165) is 43.4 Å². The zero-order valence-corrected chi connectivity index (χ0v) is 41.1. The molecule has 5 unspecified atom stereocenters. The van der Waals surface area contributed by atoms with Crippen LogP contribution in [0.25, 0.3) is 0 Å². The number of aliphatic hydroxyl groups excluding tert-OH is 1. The third kappa shape index (κ3) is 21.1. The van der Waals surface area contributed by atoms with Crippen LogP contribution in [0.3, 0.4) is 0 Å². The van der Waals surface area contributed by atoms with Gasteiger partial charge in [0.25, 0.3) is 0 Å². The molecule has 0 bridgehead atoms. The van der Waals surface area contributed by atoms with Gasteiger partial charge in [0.15, 0.2) is 0 Å². The summed E-state index contributed by atoms with van der Waals surface area (Å²) in [6.45, 7) is 1.01. The predicted molar refractivity (Wildman–Crippen MR) is 259 cm³/mol. The summed E-state index contributed by atoms with van der Waals surface area (Å²) in [5.41, 5.74) is 22.1. The minimum absolute atomic E-state index is 0.00323. The molecule has 12 amide bonds. The normalized spacial score (nSPS) is 24.2. The highest BCUT2D eigenvalue weighted by Gasteiger charge is 2.41. The zero-order chi connectivity index (χ0) is 54.2. The summed E-state index contributed by atoms with van der Waals surface area (Å²) in [6.07, 6.45) is 3.35. The van der Waals surface area contributed by atoms with Crippen molar-refractivity contribution in [1.29, 1.82) is 0 Å². The Morgan fingerprint density at radius 2 is 1.03 bits per heavy atom. The van der Waals surface area contributed by atoms with E-state index in [-0.39, 0.29) is 38.0 Å². The second kappa shape index (κ2) is 30.5. The molecule has 2 saturated heterocycles. The first-order chi connectivity index (χ1) is 34.6. The molecule has 1 aromatic rings. The average molecular weight is 1030 g/mol. The first-order valence-corrected chi connectivity index (χ1v) is 24.6. The van der Waals surface area contributed by atoms with Gasteiger partial charge in [0.1, 0.15) is 48.0 Å². The molecule has 0 aliphatic carbocycles. The number of nitrogens with one attached hydrogen (secondary N) is 7. The van der Waals surface area contributed by atoms with Gasteiger partial charge >= 0.3 is 0 Å². The molecule has 26 nitrogen and oxygen atoms in total. The van der Waals surface area contributed by atoms with Gasteiger partial charge < -0.3 is 75.3 Å². The lowest BCUT2D eigenvalue weighted by molar-refractivity contribution is -0.143. The van der Waals surface area contributed by atoms with Crippen LogP contribution in [-0.4, -0.2) is 147 Å². The average Bonchev–Trinajstić information content (AvgIpc) is 3.82. The van der Waals surface area contributed by atoms with Gasteiger partial charge in [0.05, 0.1) is 25.9 Å². The molecule has 26 heteroatoms. The van der Waals surface area contributed by atoms with Crippen molar-refractivity contribution in [1.82, 2.24) is 42.1 Å². The molecule has 404 valence electrons. The summed E-state index contributed by atoms with van der Waals surface area (Å²) in [7, 11) is 0. The Hall–Kier alpha value is -7.38. The minimum Gasteiger partial charge on any atom is -0.508 e. The number of unbranched alkanes of at least 4 members (excludes halogenated alkanes) is 7. The number of amides is 12. The Kier molecular flexibility index (Phi) is 25.0. The lowest BCUT2D eigenvalue weighted by atomic mass is 10.0. The van der Waals surface area contributed by atoms with Gasteiger partial charge in [0, 0.05) is 31.8 Å². The van der Waals surface area contributed by atoms with E-state index in [2.05, 4.69) is 44.1 Å². The first kappa shape index (κ1) is 59.9. The number of primary amides is 4. The van der Waals surface area contributed by atoms with E-state index in [1.807, 2.05) is 0 Å². The molecule has 3 rings (SSSR count). The fraction of sp³-hybridized carbons (Fsp3) is 0.617. The third-order valence-electron chi connectivity index (χ3n) is 12.3. The highest BCUT2D eigenvalue weighted by atomic mass is 16.3. The molecule has 2 aliphatic rings. The largest absolute Gasteiger partial charge is 0.508 e. The summed E-state index contributed by atoms with van der Waals surface area (Å²) in [5.74, 6) is -12.6. The number of benzene rings is 1. The van der Waals surface area contributed by atoms with E-state index in [9.17, 15) is 67.7 Å². The van der Waals surface area contributed by atoms with Crippen LogP contribution >= 0.6 is 0 Å². The number of nitrogens with two attached hydrogens (primary N) is 4. The van der Waals surface area contributed by atoms with Crippen LogP contribution in [0.5, 0.6) is 5.75 Å². The lowest BCUT2D eigenvalue weighted by Gasteiger charge is -2.31. The number of aromatic hydroxyl groups is 1. The van der Waals surface area contributed by atoms with Crippen molar-refractivity contribution in [3.05, 3.63) is 29.8 Å². The second-order valence-corrected chi connectivity index (χ2v) is 18.4. The molecule has 0 aromatic heterocycles. The molecule has 2 heterocycles. The Labute approximate surface area is 422 Å². The van der Waals surface area contributed by atoms with Crippen molar-refractivity contribution < 1.29 is 67.7 Å². The molecular formula is C47H72N12O14. The third-order valence-corrected chi connectivity index (χ3v) is 12.3. The molecule has 73 heavy (non-hydrogen) atoms. The van der Waals surface area contributed by atoms with E-state index in [1.165, 1.54) is 24.3 Å². The van der Waals surface area contributed by atoms with Crippen LogP contribution in [0.1, 0.15) is 122 Å². The van der Waals surface area contributed by atoms with E-state index in [0.29, 0.717) is 18.4 Å². The maximum atomic E-state index is 14.3. The van der Waals surface area contributed by atoms with Crippen LogP contribution in [-0.2, 0) is 64.0 Å². The highest BCUT2D eigenvalue weighted by Crippen LogP contribution is 2.21. The molecular weight excluding hydrogens is 957 g/mol. The number of hydrogen-bond acceptors (Lipinski definition) is 14. The van der Waals surface area contributed by atoms with Gasteiger partial charge in [0.2, 0.25) is 70.9 Å². The number of rotatable bonds is 21. The van der Waals surface area contributed by atoms with Crippen molar-refractivity contribution in [3.8, 4) is 5.75 Å². The Morgan fingerprint density at radius 3 is 1.56 bits per heavy atom. The molecule has 1 aromatic carbocycles. The van der Waals surface area contributed by atoms with E-state index in [4.69, 9.17) is 22.9 Å². The molecule has 2 aliphatic heterocycles. The summed E-state index contributed by atoms with van der Waals surface area (Å²) in [6, 6.07) is -7.35.